The normalized spacial score (nSPS) is 24.4. The third kappa shape index (κ3) is 2.95. The maximum Gasteiger partial charge on any atom is 0.228 e. The Bertz CT molecular complexity index is 675. The number of nitrogens with zero attached hydrogens (tertiary/aromatic N) is 1. The van der Waals surface area contributed by atoms with Gasteiger partial charge >= 0.3 is 0 Å². The van der Waals surface area contributed by atoms with E-state index in [2.05, 4.69) is 12.1 Å². The minimum atomic E-state index is -0.323. The molecule has 1 atom stereocenters. The van der Waals surface area contributed by atoms with Crippen LogP contribution < -0.4 is 9.47 Å². The molecule has 6 nitrogen and oxygen atoms in total. The van der Waals surface area contributed by atoms with E-state index in [0.717, 1.165) is 50.3 Å². The molecule has 6 heteroatoms. The highest BCUT2D eigenvalue weighted by molar-refractivity contribution is 5.79. The minimum Gasteiger partial charge on any atom is -0.493 e. The van der Waals surface area contributed by atoms with Crippen LogP contribution in [0.4, 0.5) is 0 Å². The molecular weight excluding hydrogens is 334 g/mol. The summed E-state index contributed by atoms with van der Waals surface area (Å²) >= 11 is 0. The first kappa shape index (κ1) is 17.6. The number of hydrogen-bond acceptors (Lipinski definition) is 5. The second-order valence-corrected chi connectivity index (χ2v) is 7.34. The van der Waals surface area contributed by atoms with Gasteiger partial charge in [-0.1, -0.05) is 0 Å². The predicted molar refractivity (Wildman–Crippen MR) is 95.6 cm³/mol. The van der Waals surface area contributed by atoms with Crippen LogP contribution in [0.1, 0.15) is 30.4 Å². The Morgan fingerprint density at radius 3 is 2.54 bits per heavy atom. The van der Waals surface area contributed by atoms with Crippen LogP contribution in [0, 0.1) is 5.92 Å². The summed E-state index contributed by atoms with van der Waals surface area (Å²) in [5.74, 6) is 1.77. The third-order valence-electron chi connectivity index (χ3n) is 6.01. The van der Waals surface area contributed by atoms with Crippen molar-refractivity contribution in [3.05, 3.63) is 23.3 Å². The maximum atomic E-state index is 12.7. The number of methoxy groups -OCH3 is 2. The maximum absolute atomic E-state index is 12.7. The molecule has 2 fully saturated rings. The Morgan fingerprint density at radius 1 is 1.15 bits per heavy atom. The van der Waals surface area contributed by atoms with Crippen molar-refractivity contribution in [2.45, 2.75) is 31.3 Å². The second-order valence-electron chi connectivity index (χ2n) is 7.34. The summed E-state index contributed by atoms with van der Waals surface area (Å²) in [6.07, 6.45) is 3.35. The van der Waals surface area contributed by atoms with Crippen molar-refractivity contribution in [2.75, 3.05) is 47.1 Å². The zero-order valence-electron chi connectivity index (χ0n) is 15.6. The fourth-order valence-electron chi connectivity index (χ4n) is 4.48. The van der Waals surface area contributed by atoms with Gasteiger partial charge in [0.2, 0.25) is 5.91 Å². The predicted octanol–water partition coefficient (Wildman–Crippen LogP) is 2.13. The van der Waals surface area contributed by atoms with Crippen LogP contribution >= 0.6 is 0 Å². The van der Waals surface area contributed by atoms with E-state index in [-0.39, 0.29) is 17.4 Å². The molecule has 3 aliphatic heterocycles. The Hall–Kier alpha value is -1.79. The first-order chi connectivity index (χ1) is 12.7. The number of benzene rings is 1. The van der Waals surface area contributed by atoms with E-state index in [0.29, 0.717) is 19.8 Å². The third-order valence-corrected chi connectivity index (χ3v) is 6.01. The number of amides is 1. The molecule has 2 saturated heterocycles. The van der Waals surface area contributed by atoms with Gasteiger partial charge in [-0.2, -0.15) is 0 Å². The van der Waals surface area contributed by atoms with Gasteiger partial charge in [0.15, 0.2) is 11.5 Å². The fourth-order valence-corrected chi connectivity index (χ4v) is 4.48. The van der Waals surface area contributed by atoms with Crippen molar-refractivity contribution in [2.24, 2.45) is 5.92 Å². The lowest BCUT2D eigenvalue weighted by Crippen LogP contribution is -2.49. The standard InChI is InChI=1S/C20H27NO5/c1-23-17-11-14-4-10-26-20(16(14)12-18(17)24-2)5-7-21(8-6-20)19(22)15-3-9-25-13-15/h11-12,15H,3-10,13H2,1-2H3. The van der Waals surface area contributed by atoms with E-state index >= 15 is 0 Å². The number of ether oxygens (including phenoxy) is 4. The van der Waals surface area contributed by atoms with Crippen LogP contribution in [0.3, 0.4) is 0 Å². The highest BCUT2D eigenvalue weighted by Crippen LogP contribution is 2.45. The Balaban J connectivity index is 1.55. The van der Waals surface area contributed by atoms with Gasteiger partial charge in [0.05, 0.1) is 39.0 Å². The lowest BCUT2D eigenvalue weighted by Gasteiger charge is -2.45. The number of carbonyl (C=O) groups is 1. The largest absolute Gasteiger partial charge is 0.493 e. The average Bonchev–Trinajstić information content (AvgIpc) is 3.22. The second kappa shape index (κ2) is 7.08. The molecule has 0 saturated carbocycles. The molecule has 0 radical (unpaired) electrons. The first-order valence-corrected chi connectivity index (χ1v) is 9.43. The Kier molecular flexibility index (Phi) is 4.80. The van der Waals surface area contributed by atoms with Crippen LogP contribution in [-0.2, 0) is 26.3 Å². The molecule has 0 bridgehead atoms. The molecule has 4 rings (SSSR count). The van der Waals surface area contributed by atoms with Gasteiger partial charge in [-0.05, 0) is 48.9 Å². The van der Waals surface area contributed by atoms with Crippen molar-refractivity contribution in [1.82, 2.24) is 4.90 Å². The summed E-state index contributed by atoms with van der Waals surface area (Å²) in [6.45, 7) is 3.42. The number of hydrogen-bond donors (Lipinski definition) is 0. The summed E-state index contributed by atoms with van der Waals surface area (Å²) in [5.41, 5.74) is 2.13. The summed E-state index contributed by atoms with van der Waals surface area (Å²) in [7, 11) is 3.32. The smallest absolute Gasteiger partial charge is 0.228 e. The first-order valence-electron chi connectivity index (χ1n) is 9.43. The van der Waals surface area contributed by atoms with Crippen LogP contribution in [0.15, 0.2) is 12.1 Å². The van der Waals surface area contributed by atoms with Gasteiger partial charge < -0.3 is 23.8 Å². The quantitative estimate of drug-likeness (QED) is 0.826. The molecule has 1 aromatic rings. The molecular formula is C20H27NO5. The van der Waals surface area contributed by atoms with E-state index in [1.54, 1.807) is 14.2 Å². The van der Waals surface area contributed by atoms with E-state index in [9.17, 15) is 4.79 Å². The molecule has 142 valence electrons. The summed E-state index contributed by atoms with van der Waals surface area (Å²) in [6, 6.07) is 4.14. The topological polar surface area (TPSA) is 57.2 Å². The molecule has 3 aliphatic rings. The number of piperidine rings is 1. The summed E-state index contributed by atoms with van der Waals surface area (Å²) in [4.78, 5) is 14.7. The monoisotopic (exact) mass is 361 g/mol. The molecule has 0 aliphatic carbocycles. The van der Waals surface area contributed by atoms with Gasteiger partial charge in [-0.25, -0.2) is 0 Å². The Labute approximate surface area is 154 Å². The van der Waals surface area contributed by atoms with Gasteiger partial charge in [-0.3, -0.25) is 4.79 Å². The molecule has 1 spiro atoms. The molecule has 1 aromatic carbocycles. The van der Waals surface area contributed by atoms with Crippen LogP contribution in [-0.4, -0.2) is 57.9 Å². The molecule has 26 heavy (non-hydrogen) atoms. The van der Waals surface area contributed by atoms with Crippen LogP contribution in [0.2, 0.25) is 0 Å². The van der Waals surface area contributed by atoms with E-state index in [4.69, 9.17) is 18.9 Å². The van der Waals surface area contributed by atoms with Crippen molar-refractivity contribution in [3.63, 3.8) is 0 Å². The lowest BCUT2D eigenvalue weighted by molar-refractivity contribution is -0.144. The number of rotatable bonds is 3. The highest BCUT2D eigenvalue weighted by atomic mass is 16.5. The molecule has 0 N–H and O–H groups in total. The van der Waals surface area contributed by atoms with Crippen LogP contribution in [0.25, 0.3) is 0 Å². The van der Waals surface area contributed by atoms with Crippen molar-refractivity contribution >= 4 is 5.91 Å². The lowest BCUT2D eigenvalue weighted by atomic mass is 9.79. The average molecular weight is 361 g/mol. The molecule has 0 aromatic heterocycles. The van der Waals surface area contributed by atoms with E-state index < -0.39 is 0 Å². The van der Waals surface area contributed by atoms with Gasteiger partial charge in [-0.15, -0.1) is 0 Å². The van der Waals surface area contributed by atoms with Crippen LogP contribution in [0.5, 0.6) is 11.5 Å². The Morgan fingerprint density at radius 2 is 1.88 bits per heavy atom. The summed E-state index contributed by atoms with van der Waals surface area (Å²) < 4.78 is 22.6. The van der Waals surface area contributed by atoms with Crippen molar-refractivity contribution in [1.29, 1.82) is 0 Å². The number of fused-ring (bicyclic) bond motifs is 2. The zero-order chi connectivity index (χ0) is 18.1. The molecule has 3 heterocycles. The summed E-state index contributed by atoms with van der Waals surface area (Å²) in [5, 5.41) is 0. The van der Waals surface area contributed by atoms with Crippen molar-refractivity contribution in [3.8, 4) is 11.5 Å². The SMILES string of the molecule is COc1cc2c(cc1OC)C1(CCN(C(=O)C3CCOC3)CC1)OCC2. The van der Waals surface area contributed by atoms with Gasteiger partial charge in [0.1, 0.15) is 0 Å². The number of carbonyl (C=O) groups excluding carboxylic acids is 1. The van der Waals surface area contributed by atoms with Gasteiger partial charge in [0, 0.05) is 19.7 Å². The van der Waals surface area contributed by atoms with E-state index in [1.807, 2.05) is 4.90 Å². The number of likely N-dealkylation sites (tertiary alicyclic amines) is 1. The van der Waals surface area contributed by atoms with Gasteiger partial charge in [0.25, 0.3) is 0 Å². The van der Waals surface area contributed by atoms with Crippen molar-refractivity contribution < 1.29 is 23.7 Å². The molecule has 1 unspecified atom stereocenters. The fraction of sp³-hybridized carbons (Fsp3) is 0.650. The minimum absolute atomic E-state index is 0.0352. The molecule has 1 amide bonds. The highest BCUT2D eigenvalue weighted by Gasteiger charge is 2.43. The van der Waals surface area contributed by atoms with E-state index in [1.165, 1.54) is 11.1 Å². The zero-order valence-corrected chi connectivity index (χ0v) is 15.6.